The SMILES string of the molecule is CCCCCCCCCCCCCCCC(=O)OC(CO)COC(=O)CCCCCCC. The summed E-state index contributed by atoms with van der Waals surface area (Å²) in [5, 5.41) is 9.38. The summed E-state index contributed by atoms with van der Waals surface area (Å²) in [6.07, 6.45) is 21.8. The predicted octanol–water partition coefficient (Wildman–Crippen LogP) is 7.28. The lowest BCUT2D eigenvalue weighted by atomic mass is 10.0. The number of unbranched alkanes of at least 4 members (excludes halogenated alkanes) is 16. The van der Waals surface area contributed by atoms with E-state index in [0.717, 1.165) is 38.5 Å². The van der Waals surface area contributed by atoms with Gasteiger partial charge >= 0.3 is 11.9 Å². The molecule has 0 aromatic carbocycles. The Bertz CT molecular complexity index is 424. The molecule has 0 amide bonds. The maximum atomic E-state index is 12.0. The first-order valence-corrected chi connectivity index (χ1v) is 13.6. The van der Waals surface area contributed by atoms with E-state index in [1.165, 1.54) is 77.0 Å². The van der Waals surface area contributed by atoms with Crippen LogP contribution < -0.4 is 0 Å². The number of carbonyl (C=O) groups is 2. The first-order chi connectivity index (χ1) is 15.6. The van der Waals surface area contributed by atoms with Crippen LogP contribution in [0.4, 0.5) is 0 Å². The zero-order valence-corrected chi connectivity index (χ0v) is 21.2. The van der Waals surface area contributed by atoms with Crippen molar-refractivity contribution >= 4 is 11.9 Å². The van der Waals surface area contributed by atoms with E-state index in [9.17, 15) is 14.7 Å². The molecule has 0 aromatic heterocycles. The van der Waals surface area contributed by atoms with E-state index in [1.54, 1.807) is 0 Å². The van der Waals surface area contributed by atoms with Crippen LogP contribution in [0, 0.1) is 0 Å². The van der Waals surface area contributed by atoms with Gasteiger partial charge in [-0.25, -0.2) is 0 Å². The molecule has 190 valence electrons. The molecule has 0 rings (SSSR count). The van der Waals surface area contributed by atoms with Crippen molar-refractivity contribution in [2.45, 2.75) is 148 Å². The summed E-state index contributed by atoms with van der Waals surface area (Å²) in [6.45, 7) is 4.03. The van der Waals surface area contributed by atoms with E-state index >= 15 is 0 Å². The minimum Gasteiger partial charge on any atom is -0.462 e. The summed E-state index contributed by atoms with van der Waals surface area (Å²) in [7, 11) is 0. The van der Waals surface area contributed by atoms with Crippen molar-refractivity contribution in [1.82, 2.24) is 0 Å². The van der Waals surface area contributed by atoms with Gasteiger partial charge in [0.05, 0.1) is 6.61 Å². The second-order valence-corrected chi connectivity index (χ2v) is 9.13. The minimum absolute atomic E-state index is 0.0609. The number of esters is 2. The molecule has 0 radical (unpaired) electrons. The highest BCUT2D eigenvalue weighted by Crippen LogP contribution is 2.13. The first-order valence-electron chi connectivity index (χ1n) is 13.6. The summed E-state index contributed by atoms with van der Waals surface area (Å²) in [4.78, 5) is 23.7. The molecule has 32 heavy (non-hydrogen) atoms. The Labute approximate surface area is 198 Å². The van der Waals surface area contributed by atoms with Crippen molar-refractivity contribution in [3.8, 4) is 0 Å². The van der Waals surface area contributed by atoms with Gasteiger partial charge in [-0.15, -0.1) is 0 Å². The molecule has 0 aliphatic rings. The normalized spacial score (nSPS) is 12.0. The Morgan fingerprint density at radius 2 is 0.969 bits per heavy atom. The molecule has 0 saturated carbocycles. The number of rotatable bonds is 24. The van der Waals surface area contributed by atoms with Crippen molar-refractivity contribution in [2.24, 2.45) is 0 Å². The van der Waals surface area contributed by atoms with Gasteiger partial charge in [0.25, 0.3) is 0 Å². The van der Waals surface area contributed by atoms with Crippen LogP contribution in [0.3, 0.4) is 0 Å². The standard InChI is InChI=1S/C27H52O5/c1-3-5-7-9-10-11-12-13-14-15-16-18-20-22-27(30)32-25(23-28)24-31-26(29)21-19-17-8-6-4-2/h25,28H,3-24H2,1-2H3. The molecule has 0 heterocycles. The fraction of sp³-hybridized carbons (Fsp3) is 0.926. The van der Waals surface area contributed by atoms with Crippen molar-refractivity contribution in [2.75, 3.05) is 13.2 Å². The highest BCUT2D eigenvalue weighted by Gasteiger charge is 2.16. The molecule has 5 nitrogen and oxygen atoms in total. The van der Waals surface area contributed by atoms with Crippen LogP contribution in [0.15, 0.2) is 0 Å². The largest absolute Gasteiger partial charge is 0.462 e. The Morgan fingerprint density at radius 3 is 1.38 bits per heavy atom. The third-order valence-electron chi connectivity index (χ3n) is 5.90. The fourth-order valence-electron chi connectivity index (χ4n) is 3.79. The van der Waals surface area contributed by atoms with Gasteiger partial charge in [-0.1, -0.05) is 117 Å². The van der Waals surface area contributed by atoms with Gasteiger partial charge < -0.3 is 14.6 Å². The second-order valence-electron chi connectivity index (χ2n) is 9.13. The molecule has 0 fully saturated rings. The van der Waals surface area contributed by atoms with Gasteiger partial charge in [0.1, 0.15) is 6.61 Å². The Hall–Kier alpha value is -1.10. The highest BCUT2D eigenvalue weighted by molar-refractivity contribution is 5.70. The Morgan fingerprint density at radius 1 is 0.594 bits per heavy atom. The molecule has 0 aliphatic heterocycles. The summed E-state index contributed by atoms with van der Waals surface area (Å²) in [5.74, 6) is -0.602. The molecule has 0 aliphatic carbocycles. The number of carbonyl (C=O) groups excluding carboxylic acids is 2. The molecule has 0 aromatic rings. The summed E-state index contributed by atoms with van der Waals surface area (Å²) in [5.41, 5.74) is 0. The van der Waals surface area contributed by atoms with E-state index < -0.39 is 6.10 Å². The van der Waals surface area contributed by atoms with Crippen molar-refractivity contribution in [3.05, 3.63) is 0 Å². The molecule has 1 N–H and O–H groups in total. The Balaban J connectivity index is 3.55. The quantitative estimate of drug-likeness (QED) is 0.122. The number of aliphatic hydroxyl groups excluding tert-OH is 1. The van der Waals surface area contributed by atoms with E-state index in [0.29, 0.717) is 12.8 Å². The fourth-order valence-corrected chi connectivity index (χ4v) is 3.79. The van der Waals surface area contributed by atoms with Crippen LogP contribution in [0.2, 0.25) is 0 Å². The third kappa shape index (κ3) is 22.1. The van der Waals surface area contributed by atoms with Crippen LogP contribution >= 0.6 is 0 Å². The zero-order valence-electron chi connectivity index (χ0n) is 21.2. The molecular weight excluding hydrogens is 404 g/mol. The molecule has 0 saturated heterocycles. The zero-order chi connectivity index (χ0) is 23.7. The van der Waals surface area contributed by atoms with Gasteiger partial charge in [-0.05, 0) is 12.8 Å². The van der Waals surface area contributed by atoms with Gasteiger partial charge in [-0.3, -0.25) is 9.59 Å². The molecule has 1 unspecified atom stereocenters. The summed E-state index contributed by atoms with van der Waals surface area (Å²) in [6, 6.07) is 0. The smallest absolute Gasteiger partial charge is 0.306 e. The number of aliphatic hydroxyl groups is 1. The summed E-state index contributed by atoms with van der Waals surface area (Å²) >= 11 is 0. The van der Waals surface area contributed by atoms with Gasteiger partial charge in [0.2, 0.25) is 0 Å². The van der Waals surface area contributed by atoms with Crippen molar-refractivity contribution in [1.29, 1.82) is 0 Å². The van der Waals surface area contributed by atoms with E-state index in [-0.39, 0.29) is 25.2 Å². The maximum absolute atomic E-state index is 12.0. The Kier molecular flexibility index (Phi) is 23.7. The molecule has 1 atom stereocenters. The van der Waals surface area contributed by atoms with E-state index in [4.69, 9.17) is 9.47 Å². The lowest BCUT2D eigenvalue weighted by Crippen LogP contribution is -2.28. The number of hydrogen-bond acceptors (Lipinski definition) is 5. The van der Waals surface area contributed by atoms with Crippen LogP contribution in [-0.2, 0) is 19.1 Å². The van der Waals surface area contributed by atoms with Gasteiger partial charge in [0, 0.05) is 12.8 Å². The third-order valence-corrected chi connectivity index (χ3v) is 5.90. The molecule has 0 bridgehead atoms. The molecular formula is C27H52O5. The van der Waals surface area contributed by atoms with Crippen molar-refractivity contribution < 1.29 is 24.2 Å². The number of ether oxygens (including phenoxy) is 2. The molecule has 5 heteroatoms. The van der Waals surface area contributed by atoms with Crippen LogP contribution in [0.25, 0.3) is 0 Å². The topological polar surface area (TPSA) is 72.8 Å². The predicted molar refractivity (Wildman–Crippen MR) is 132 cm³/mol. The van der Waals surface area contributed by atoms with Gasteiger partial charge in [0.15, 0.2) is 6.10 Å². The monoisotopic (exact) mass is 456 g/mol. The maximum Gasteiger partial charge on any atom is 0.306 e. The average molecular weight is 457 g/mol. The highest BCUT2D eigenvalue weighted by atomic mass is 16.6. The lowest BCUT2D eigenvalue weighted by molar-refractivity contribution is -0.161. The van der Waals surface area contributed by atoms with Crippen LogP contribution in [-0.4, -0.2) is 36.4 Å². The average Bonchev–Trinajstić information content (AvgIpc) is 2.79. The number of hydrogen-bond donors (Lipinski definition) is 1. The van der Waals surface area contributed by atoms with Gasteiger partial charge in [-0.2, -0.15) is 0 Å². The minimum atomic E-state index is -0.756. The molecule has 0 spiro atoms. The lowest BCUT2D eigenvalue weighted by Gasteiger charge is -2.15. The van der Waals surface area contributed by atoms with Crippen LogP contribution in [0.1, 0.15) is 142 Å². The van der Waals surface area contributed by atoms with E-state index in [1.807, 2.05) is 0 Å². The van der Waals surface area contributed by atoms with E-state index in [2.05, 4.69) is 13.8 Å². The van der Waals surface area contributed by atoms with Crippen molar-refractivity contribution in [3.63, 3.8) is 0 Å². The second kappa shape index (κ2) is 24.5. The first kappa shape index (κ1) is 30.9. The van der Waals surface area contributed by atoms with Crippen LogP contribution in [0.5, 0.6) is 0 Å². The summed E-state index contributed by atoms with van der Waals surface area (Å²) < 4.78 is 10.4.